The van der Waals surface area contributed by atoms with Crippen LogP contribution in [-0.4, -0.2) is 49.9 Å². The Bertz CT molecular complexity index is 1060. The van der Waals surface area contributed by atoms with Gasteiger partial charge in [0, 0.05) is 19.6 Å². The van der Waals surface area contributed by atoms with Crippen molar-refractivity contribution >= 4 is 13.8 Å². The van der Waals surface area contributed by atoms with Crippen molar-refractivity contribution in [2.45, 2.75) is 238 Å². The summed E-state index contributed by atoms with van der Waals surface area (Å²) in [6.07, 6.45) is 58.6. The molecule has 0 aliphatic carbocycles. The number of phosphoric ester groups is 1. The van der Waals surface area contributed by atoms with Crippen LogP contribution < -0.4 is 5.73 Å². The average molecular weight is 866 g/mol. The fourth-order valence-corrected chi connectivity index (χ4v) is 7.87. The lowest BCUT2D eigenvalue weighted by molar-refractivity contribution is -0.154. The molecule has 0 radical (unpaired) electrons. The fourth-order valence-electron chi connectivity index (χ4n) is 7.11. The van der Waals surface area contributed by atoms with Gasteiger partial charge in [0.05, 0.1) is 19.8 Å². The highest BCUT2D eigenvalue weighted by Gasteiger charge is 2.25. The number of carbonyl (C=O) groups is 1. The van der Waals surface area contributed by atoms with Gasteiger partial charge in [-0.3, -0.25) is 13.8 Å². The van der Waals surface area contributed by atoms with Crippen LogP contribution in [0, 0.1) is 0 Å². The first kappa shape index (κ1) is 58.5. The molecule has 60 heavy (non-hydrogen) atoms. The van der Waals surface area contributed by atoms with E-state index in [0.717, 1.165) is 57.8 Å². The lowest BCUT2D eigenvalue weighted by Crippen LogP contribution is -2.28. The van der Waals surface area contributed by atoms with E-state index in [1.807, 2.05) is 0 Å². The number of hydrogen-bond acceptors (Lipinski definition) is 7. The number of hydrogen-bond donors (Lipinski definition) is 2. The van der Waals surface area contributed by atoms with E-state index in [1.165, 1.54) is 154 Å². The molecule has 0 aliphatic rings. The highest BCUT2D eigenvalue weighted by Crippen LogP contribution is 2.43. The van der Waals surface area contributed by atoms with Gasteiger partial charge in [-0.2, -0.15) is 0 Å². The van der Waals surface area contributed by atoms with Gasteiger partial charge in [0.2, 0.25) is 0 Å². The monoisotopic (exact) mass is 866 g/mol. The zero-order valence-corrected chi connectivity index (χ0v) is 40.1. The van der Waals surface area contributed by atoms with E-state index in [0.29, 0.717) is 13.0 Å². The molecule has 0 heterocycles. The maximum atomic E-state index is 12.6. The fraction of sp³-hybridized carbons (Fsp3) is 0.824. The normalized spacial score (nSPS) is 13.7. The number of phosphoric acid groups is 1. The van der Waals surface area contributed by atoms with E-state index < -0.39 is 13.9 Å². The van der Waals surface area contributed by atoms with Crippen LogP contribution in [0.1, 0.15) is 232 Å². The third-order valence-corrected chi connectivity index (χ3v) is 11.7. The summed E-state index contributed by atoms with van der Waals surface area (Å²) in [7, 11) is -4.28. The smallest absolute Gasteiger partial charge is 0.457 e. The summed E-state index contributed by atoms with van der Waals surface area (Å²) >= 11 is 0. The van der Waals surface area contributed by atoms with E-state index in [9.17, 15) is 14.3 Å². The van der Waals surface area contributed by atoms with Crippen molar-refractivity contribution in [2.24, 2.45) is 5.73 Å². The molecule has 2 atom stereocenters. The molecular weight excluding hydrogens is 770 g/mol. The zero-order chi connectivity index (χ0) is 43.7. The predicted octanol–water partition coefficient (Wildman–Crippen LogP) is 15.5. The second kappa shape index (κ2) is 48.5. The Labute approximate surface area is 371 Å². The predicted molar refractivity (Wildman–Crippen MR) is 256 cm³/mol. The Hall–Kier alpha value is -1.54. The van der Waals surface area contributed by atoms with E-state index in [-0.39, 0.29) is 32.3 Å². The quantitative estimate of drug-likeness (QED) is 0.0269. The van der Waals surface area contributed by atoms with Crippen LogP contribution in [0.5, 0.6) is 0 Å². The largest absolute Gasteiger partial charge is 0.472 e. The van der Waals surface area contributed by atoms with Crippen molar-refractivity contribution in [1.82, 2.24) is 0 Å². The maximum absolute atomic E-state index is 12.6. The number of unbranched alkanes of at least 4 members (excludes halogenated alkanes) is 27. The van der Waals surface area contributed by atoms with Crippen LogP contribution in [0.4, 0.5) is 0 Å². The Balaban J connectivity index is 3.89. The number of allylic oxidation sites excluding steroid dienone is 8. The first-order chi connectivity index (χ1) is 29.4. The SMILES string of the molecule is CC/C=C\C/C=C\C/C=C\C/C=C\CCCCCCCCCCCCCCCOCC(COP(=O)(O)OCCN)OC(=O)CCCCCCCCCCCCCCCCC. The Morgan fingerprint density at radius 3 is 1.40 bits per heavy atom. The van der Waals surface area contributed by atoms with E-state index in [4.69, 9.17) is 24.3 Å². The highest BCUT2D eigenvalue weighted by molar-refractivity contribution is 7.47. The topological polar surface area (TPSA) is 117 Å². The molecule has 0 saturated heterocycles. The van der Waals surface area contributed by atoms with Gasteiger partial charge in [-0.1, -0.05) is 223 Å². The summed E-state index contributed by atoms with van der Waals surface area (Å²) < 4.78 is 33.6. The molecule has 352 valence electrons. The van der Waals surface area contributed by atoms with E-state index >= 15 is 0 Å². The molecule has 2 unspecified atom stereocenters. The maximum Gasteiger partial charge on any atom is 0.472 e. The van der Waals surface area contributed by atoms with Crippen molar-refractivity contribution in [3.05, 3.63) is 48.6 Å². The van der Waals surface area contributed by atoms with Crippen LogP contribution in [0.3, 0.4) is 0 Å². The summed E-state index contributed by atoms with van der Waals surface area (Å²) in [5.74, 6) is -0.328. The van der Waals surface area contributed by atoms with Gasteiger partial charge in [0.15, 0.2) is 0 Å². The summed E-state index contributed by atoms with van der Waals surface area (Å²) in [5.41, 5.74) is 5.38. The molecule has 0 rings (SSSR count). The molecule has 0 bridgehead atoms. The minimum absolute atomic E-state index is 0.0947. The molecule has 0 spiro atoms. The lowest BCUT2D eigenvalue weighted by atomic mass is 10.0. The average Bonchev–Trinajstić information content (AvgIpc) is 3.24. The first-order valence-electron chi connectivity index (χ1n) is 25.1. The second-order valence-corrected chi connectivity index (χ2v) is 18.1. The van der Waals surface area contributed by atoms with Gasteiger partial charge in [0.25, 0.3) is 0 Å². The number of rotatable bonds is 48. The van der Waals surface area contributed by atoms with Gasteiger partial charge >= 0.3 is 13.8 Å². The molecule has 0 aliphatic heterocycles. The minimum Gasteiger partial charge on any atom is -0.457 e. The zero-order valence-electron chi connectivity index (χ0n) is 39.2. The first-order valence-corrected chi connectivity index (χ1v) is 26.6. The van der Waals surface area contributed by atoms with Gasteiger partial charge in [-0.05, 0) is 51.4 Å². The number of ether oxygens (including phenoxy) is 2. The number of esters is 1. The summed E-state index contributed by atoms with van der Waals surface area (Å²) in [4.78, 5) is 22.6. The highest BCUT2D eigenvalue weighted by atomic mass is 31.2. The van der Waals surface area contributed by atoms with E-state index in [2.05, 4.69) is 62.5 Å². The van der Waals surface area contributed by atoms with Gasteiger partial charge in [-0.25, -0.2) is 4.57 Å². The standard InChI is InChI=1S/C51H96NO7P/c1-3-5-7-9-11-13-15-17-19-20-21-22-23-24-25-26-27-28-29-31-33-35-37-39-41-43-46-56-48-50(49-58-60(54,55)57-47-45-52)59-51(53)44-42-40-38-36-34-32-30-18-16-14-12-10-8-6-4-2/h5,7,11,13,17,19,21-22,50H,3-4,6,8-10,12,14-16,18,20,23-49,52H2,1-2H3,(H,54,55)/b7-5-,13-11-,19-17-,22-21-. The van der Waals surface area contributed by atoms with Crippen LogP contribution in [0.25, 0.3) is 0 Å². The molecule has 8 nitrogen and oxygen atoms in total. The van der Waals surface area contributed by atoms with Crippen molar-refractivity contribution in [1.29, 1.82) is 0 Å². The van der Waals surface area contributed by atoms with Crippen molar-refractivity contribution in [3.63, 3.8) is 0 Å². The molecule has 0 aromatic carbocycles. The molecular formula is C51H96NO7P. The summed E-state index contributed by atoms with van der Waals surface area (Å²) in [5, 5.41) is 0. The van der Waals surface area contributed by atoms with Gasteiger partial charge in [0.1, 0.15) is 6.10 Å². The van der Waals surface area contributed by atoms with Crippen molar-refractivity contribution in [3.8, 4) is 0 Å². The summed E-state index contributed by atoms with van der Waals surface area (Å²) in [6, 6.07) is 0. The number of carbonyl (C=O) groups excluding carboxylic acids is 1. The Kier molecular flexibility index (Phi) is 47.2. The van der Waals surface area contributed by atoms with Gasteiger partial charge < -0.3 is 20.1 Å². The van der Waals surface area contributed by atoms with E-state index in [1.54, 1.807) is 0 Å². The van der Waals surface area contributed by atoms with Crippen molar-refractivity contribution in [2.75, 3.05) is 33.0 Å². The minimum atomic E-state index is -4.28. The molecule has 0 fully saturated rings. The Morgan fingerprint density at radius 1 is 0.517 bits per heavy atom. The molecule has 3 N–H and O–H groups in total. The molecule has 0 aromatic heterocycles. The van der Waals surface area contributed by atoms with Crippen LogP contribution in [0.2, 0.25) is 0 Å². The van der Waals surface area contributed by atoms with Crippen molar-refractivity contribution < 1.29 is 32.8 Å². The number of nitrogens with two attached hydrogens (primary N) is 1. The second-order valence-electron chi connectivity index (χ2n) is 16.7. The summed E-state index contributed by atoms with van der Waals surface area (Å²) in [6.45, 7) is 4.84. The van der Waals surface area contributed by atoms with Crippen LogP contribution in [0.15, 0.2) is 48.6 Å². The van der Waals surface area contributed by atoms with Gasteiger partial charge in [-0.15, -0.1) is 0 Å². The third kappa shape index (κ3) is 47.5. The van der Waals surface area contributed by atoms with Crippen LogP contribution >= 0.6 is 7.82 Å². The lowest BCUT2D eigenvalue weighted by Gasteiger charge is -2.20. The third-order valence-electron chi connectivity index (χ3n) is 10.8. The molecule has 0 saturated carbocycles. The molecule has 9 heteroatoms. The molecule has 0 aromatic rings. The van der Waals surface area contributed by atoms with Crippen LogP contribution in [-0.2, 0) is 27.9 Å². The molecule has 0 amide bonds. The Morgan fingerprint density at radius 2 is 0.933 bits per heavy atom.